The van der Waals surface area contributed by atoms with E-state index in [4.69, 9.17) is 9.47 Å². The first-order valence-corrected chi connectivity index (χ1v) is 6.22. The van der Waals surface area contributed by atoms with Crippen molar-refractivity contribution in [1.29, 1.82) is 0 Å². The van der Waals surface area contributed by atoms with E-state index < -0.39 is 0 Å². The van der Waals surface area contributed by atoms with Crippen LogP contribution in [-0.4, -0.2) is 30.5 Å². The van der Waals surface area contributed by atoms with Crippen molar-refractivity contribution in [2.45, 2.75) is 13.1 Å². The van der Waals surface area contributed by atoms with Crippen LogP contribution in [0.1, 0.15) is 5.56 Å². The molecule has 1 heterocycles. The number of rotatable bonds is 7. The van der Waals surface area contributed by atoms with E-state index in [1.54, 1.807) is 20.4 Å². The molecule has 2 rings (SSSR count). The smallest absolute Gasteiger partial charge is 0.127 e. The molecule has 5 nitrogen and oxygen atoms in total. The topological polar surface area (TPSA) is 48.3 Å². The van der Waals surface area contributed by atoms with Crippen LogP contribution < -0.4 is 14.8 Å². The Bertz CT molecular complexity index is 497. The normalized spacial score (nSPS) is 10.4. The van der Waals surface area contributed by atoms with Gasteiger partial charge in [0, 0.05) is 37.1 Å². The number of aromatic nitrogens is 2. The van der Waals surface area contributed by atoms with Crippen LogP contribution in [0.25, 0.3) is 0 Å². The molecule has 0 unspecified atom stereocenters. The standard InChI is InChI=1S/C14H19N3O2/c1-18-13-5-4-12(14(10-13)19-2)11-15-7-9-17-8-3-6-16-17/h3-6,8,10,15H,7,9,11H2,1-2H3. The molecule has 102 valence electrons. The molecule has 0 aliphatic rings. The Kier molecular flexibility index (Phi) is 4.80. The maximum absolute atomic E-state index is 5.35. The quantitative estimate of drug-likeness (QED) is 0.771. The summed E-state index contributed by atoms with van der Waals surface area (Å²) >= 11 is 0. The summed E-state index contributed by atoms with van der Waals surface area (Å²) in [5.74, 6) is 1.64. The summed E-state index contributed by atoms with van der Waals surface area (Å²) in [5.41, 5.74) is 1.11. The van der Waals surface area contributed by atoms with Crippen LogP contribution in [0.3, 0.4) is 0 Å². The van der Waals surface area contributed by atoms with Crippen LogP contribution >= 0.6 is 0 Å². The molecule has 1 aromatic carbocycles. The van der Waals surface area contributed by atoms with Crippen molar-refractivity contribution in [2.24, 2.45) is 0 Å². The van der Waals surface area contributed by atoms with E-state index >= 15 is 0 Å². The van der Waals surface area contributed by atoms with Gasteiger partial charge >= 0.3 is 0 Å². The molecule has 0 aliphatic carbocycles. The summed E-state index contributed by atoms with van der Waals surface area (Å²) < 4.78 is 12.4. The molecule has 0 aliphatic heterocycles. The number of ether oxygens (including phenoxy) is 2. The highest BCUT2D eigenvalue weighted by atomic mass is 16.5. The van der Waals surface area contributed by atoms with E-state index in [2.05, 4.69) is 10.4 Å². The Morgan fingerprint density at radius 1 is 1.26 bits per heavy atom. The second kappa shape index (κ2) is 6.80. The Hall–Kier alpha value is -2.01. The Balaban J connectivity index is 1.85. The minimum absolute atomic E-state index is 0.758. The van der Waals surface area contributed by atoms with Gasteiger partial charge in [0.15, 0.2) is 0 Å². The molecular weight excluding hydrogens is 242 g/mol. The highest BCUT2D eigenvalue weighted by Gasteiger charge is 2.04. The second-order valence-electron chi connectivity index (χ2n) is 4.12. The van der Waals surface area contributed by atoms with Gasteiger partial charge in [-0.05, 0) is 12.1 Å². The summed E-state index contributed by atoms with van der Waals surface area (Å²) in [6, 6.07) is 7.77. The molecule has 1 aromatic heterocycles. The van der Waals surface area contributed by atoms with Crippen molar-refractivity contribution >= 4 is 0 Å². The zero-order chi connectivity index (χ0) is 13.5. The molecule has 0 fully saturated rings. The fourth-order valence-corrected chi connectivity index (χ4v) is 1.85. The predicted molar refractivity (Wildman–Crippen MR) is 73.5 cm³/mol. The SMILES string of the molecule is COc1ccc(CNCCn2cccn2)c(OC)c1. The molecule has 0 spiro atoms. The van der Waals surface area contributed by atoms with Crippen molar-refractivity contribution in [3.63, 3.8) is 0 Å². The van der Waals surface area contributed by atoms with Gasteiger partial charge in [-0.1, -0.05) is 6.07 Å². The van der Waals surface area contributed by atoms with Gasteiger partial charge in [0.1, 0.15) is 11.5 Å². The fraction of sp³-hybridized carbons (Fsp3) is 0.357. The van der Waals surface area contributed by atoms with E-state index in [0.717, 1.165) is 36.7 Å². The minimum atomic E-state index is 0.758. The lowest BCUT2D eigenvalue weighted by Crippen LogP contribution is -2.20. The first kappa shape index (κ1) is 13.4. The summed E-state index contributed by atoms with van der Waals surface area (Å²) in [6.45, 7) is 2.47. The number of nitrogens with zero attached hydrogens (tertiary/aromatic N) is 2. The molecule has 19 heavy (non-hydrogen) atoms. The fourth-order valence-electron chi connectivity index (χ4n) is 1.85. The molecule has 2 aromatic rings. The number of nitrogens with one attached hydrogen (secondary N) is 1. The van der Waals surface area contributed by atoms with E-state index in [0.29, 0.717) is 0 Å². The summed E-state index contributed by atoms with van der Waals surface area (Å²) in [6.07, 6.45) is 3.74. The third kappa shape index (κ3) is 3.72. The van der Waals surface area contributed by atoms with E-state index in [9.17, 15) is 0 Å². The van der Waals surface area contributed by atoms with Crippen LogP contribution in [0.5, 0.6) is 11.5 Å². The van der Waals surface area contributed by atoms with Crippen LogP contribution in [0, 0.1) is 0 Å². The van der Waals surface area contributed by atoms with Gasteiger partial charge in [-0.15, -0.1) is 0 Å². The Morgan fingerprint density at radius 2 is 2.16 bits per heavy atom. The Labute approximate surface area is 113 Å². The molecule has 0 atom stereocenters. The van der Waals surface area contributed by atoms with E-state index in [1.165, 1.54) is 0 Å². The highest BCUT2D eigenvalue weighted by Crippen LogP contribution is 2.24. The lowest BCUT2D eigenvalue weighted by atomic mass is 10.2. The van der Waals surface area contributed by atoms with Crippen molar-refractivity contribution in [2.75, 3.05) is 20.8 Å². The van der Waals surface area contributed by atoms with Crippen LogP contribution in [0.4, 0.5) is 0 Å². The van der Waals surface area contributed by atoms with Crippen LogP contribution in [0.15, 0.2) is 36.7 Å². The first-order valence-electron chi connectivity index (χ1n) is 6.22. The monoisotopic (exact) mass is 261 g/mol. The summed E-state index contributed by atoms with van der Waals surface area (Å²) in [7, 11) is 3.32. The van der Waals surface area contributed by atoms with Gasteiger partial charge in [0.2, 0.25) is 0 Å². The third-order valence-corrected chi connectivity index (χ3v) is 2.89. The van der Waals surface area contributed by atoms with Gasteiger partial charge in [-0.3, -0.25) is 4.68 Å². The minimum Gasteiger partial charge on any atom is -0.497 e. The van der Waals surface area contributed by atoms with Gasteiger partial charge < -0.3 is 14.8 Å². The van der Waals surface area contributed by atoms with Gasteiger partial charge in [-0.2, -0.15) is 5.10 Å². The Morgan fingerprint density at radius 3 is 2.84 bits per heavy atom. The molecule has 0 bridgehead atoms. The van der Waals surface area contributed by atoms with Crippen molar-refractivity contribution in [1.82, 2.24) is 15.1 Å². The molecule has 5 heteroatoms. The van der Waals surface area contributed by atoms with E-state index in [1.807, 2.05) is 35.1 Å². The molecule has 0 amide bonds. The molecule has 0 saturated heterocycles. The average Bonchev–Trinajstić information content (AvgIpc) is 2.96. The van der Waals surface area contributed by atoms with Crippen LogP contribution in [0.2, 0.25) is 0 Å². The average molecular weight is 261 g/mol. The van der Waals surface area contributed by atoms with Gasteiger partial charge in [-0.25, -0.2) is 0 Å². The van der Waals surface area contributed by atoms with Crippen molar-refractivity contribution in [3.8, 4) is 11.5 Å². The predicted octanol–water partition coefficient (Wildman–Crippen LogP) is 1.69. The largest absolute Gasteiger partial charge is 0.497 e. The number of methoxy groups -OCH3 is 2. The lowest BCUT2D eigenvalue weighted by molar-refractivity contribution is 0.389. The van der Waals surface area contributed by atoms with Gasteiger partial charge in [0.05, 0.1) is 20.8 Å². The van der Waals surface area contributed by atoms with Crippen molar-refractivity contribution < 1.29 is 9.47 Å². The number of hydrogen-bond donors (Lipinski definition) is 1. The molecule has 0 radical (unpaired) electrons. The third-order valence-electron chi connectivity index (χ3n) is 2.89. The number of hydrogen-bond acceptors (Lipinski definition) is 4. The summed E-state index contributed by atoms with van der Waals surface area (Å²) in [5, 5.41) is 7.52. The highest BCUT2D eigenvalue weighted by molar-refractivity contribution is 5.40. The number of benzene rings is 1. The lowest BCUT2D eigenvalue weighted by Gasteiger charge is -2.11. The maximum atomic E-state index is 5.35. The molecule has 0 saturated carbocycles. The second-order valence-corrected chi connectivity index (χ2v) is 4.12. The van der Waals surface area contributed by atoms with Crippen molar-refractivity contribution in [3.05, 3.63) is 42.2 Å². The zero-order valence-electron chi connectivity index (χ0n) is 11.3. The molecule has 1 N–H and O–H groups in total. The zero-order valence-corrected chi connectivity index (χ0v) is 11.3. The van der Waals surface area contributed by atoms with Gasteiger partial charge in [0.25, 0.3) is 0 Å². The van der Waals surface area contributed by atoms with E-state index in [-0.39, 0.29) is 0 Å². The first-order chi connectivity index (χ1) is 9.33. The van der Waals surface area contributed by atoms with Crippen LogP contribution in [-0.2, 0) is 13.1 Å². The molecular formula is C14H19N3O2. The maximum Gasteiger partial charge on any atom is 0.127 e. The summed E-state index contributed by atoms with van der Waals surface area (Å²) in [4.78, 5) is 0.